The summed E-state index contributed by atoms with van der Waals surface area (Å²) >= 11 is 0. The van der Waals surface area contributed by atoms with Crippen molar-refractivity contribution in [3.8, 4) is 0 Å². The van der Waals surface area contributed by atoms with Crippen molar-refractivity contribution in [2.75, 3.05) is 27.2 Å². The van der Waals surface area contributed by atoms with Crippen LogP contribution in [0.5, 0.6) is 0 Å². The summed E-state index contributed by atoms with van der Waals surface area (Å²) in [4.78, 5) is 26.0. The zero-order chi connectivity index (χ0) is 16.0. The molecule has 0 aliphatic carbocycles. The highest BCUT2D eigenvalue weighted by molar-refractivity contribution is 5.91. The molecule has 1 rings (SSSR count). The Morgan fingerprint density at radius 3 is 2.67 bits per heavy atom. The van der Waals surface area contributed by atoms with E-state index in [2.05, 4.69) is 19.2 Å². The zero-order valence-electron chi connectivity index (χ0n) is 13.7. The highest BCUT2D eigenvalue weighted by Gasteiger charge is 2.36. The number of carbonyl (C=O) groups excluding carboxylic acids is 2. The highest BCUT2D eigenvalue weighted by Crippen LogP contribution is 2.19. The van der Waals surface area contributed by atoms with Crippen molar-refractivity contribution in [2.45, 2.75) is 45.3 Å². The monoisotopic (exact) mass is 297 g/mol. The van der Waals surface area contributed by atoms with Crippen molar-refractivity contribution < 1.29 is 14.3 Å². The largest absolute Gasteiger partial charge is 0.368 e. The molecule has 0 bridgehead atoms. The first-order valence-electron chi connectivity index (χ1n) is 7.72. The second kappa shape index (κ2) is 8.49. The third kappa shape index (κ3) is 5.75. The quantitative estimate of drug-likeness (QED) is 0.733. The molecule has 4 atom stereocenters. The molecule has 0 aromatic carbocycles. The molecule has 1 fully saturated rings. The van der Waals surface area contributed by atoms with Crippen LogP contribution in [0, 0.1) is 18.8 Å². The van der Waals surface area contributed by atoms with Crippen LogP contribution in [0.3, 0.4) is 0 Å². The predicted molar refractivity (Wildman–Crippen MR) is 82.8 cm³/mol. The lowest BCUT2D eigenvalue weighted by atomic mass is 9.90. The zero-order valence-corrected chi connectivity index (χ0v) is 13.7. The molecular weight excluding hydrogens is 268 g/mol. The van der Waals surface area contributed by atoms with Crippen LogP contribution in [0.4, 0.5) is 0 Å². The lowest BCUT2D eigenvalue weighted by Crippen LogP contribution is -2.46. The van der Waals surface area contributed by atoms with Gasteiger partial charge in [-0.05, 0) is 32.4 Å². The summed E-state index contributed by atoms with van der Waals surface area (Å²) in [5.41, 5.74) is 0. The minimum absolute atomic E-state index is 0.0232. The van der Waals surface area contributed by atoms with Gasteiger partial charge in [0.05, 0.1) is 6.10 Å². The summed E-state index contributed by atoms with van der Waals surface area (Å²) in [6, 6.07) is -0.486. The molecular formula is C16H29N2O3. The van der Waals surface area contributed by atoms with E-state index in [1.54, 1.807) is 0 Å². The molecule has 1 amide bonds. The van der Waals surface area contributed by atoms with Gasteiger partial charge in [0.15, 0.2) is 5.78 Å². The first-order chi connectivity index (χ1) is 9.85. The second-order valence-electron chi connectivity index (χ2n) is 6.40. The summed E-state index contributed by atoms with van der Waals surface area (Å²) in [5, 5.41) is 2.86. The topological polar surface area (TPSA) is 58.6 Å². The first-order valence-corrected chi connectivity index (χ1v) is 7.72. The van der Waals surface area contributed by atoms with Crippen LogP contribution < -0.4 is 5.32 Å². The molecule has 5 heteroatoms. The van der Waals surface area contributed by atoms with E-state index in [1.165, 1.54) is 0 Å². The number of carbonyl (C=O) groups is 2. The number of ether oxygens (including phenoxy) is 1. The summed E-state index contributed by atoms with van der Waals surface area (Å²) < 4.78 is 5.50. The summed E-state index contributed by atoms with van der Waals surface area (Å²) in [6.07, 6.45) is 1.78. The van der Waals surface area contributed by atoms with E-state index in [1.807, 2.05) is 25.9 Å². The maximum Gasteiger partial charge on any atom is 0.220 e. The Morgan fingerprint density at radius 1 is 1.43 bits per heavy atom. The van der Waals surface area contributed by atoms with Crippen LogP contribution in [-0.4, -0.2) is 56.0 Å². The van der Waals surface area contributed by atoms with Crippen LogP contribution in [0.25, 0.3) is 0 Å². The van der Waals surface area contributed by atoms with E-state index in [0.29, 0.717) is 12.3 Å². The molecule has 4 unspecified atom stereocenters. The fourth-order valence-electron chi connectivity index (χ4n) is 2.40. The van der Waals surface area contributed by atoms with Gasteiger partial charge in [-0.1, -0.05) is 27.2 Å². The molecule has 5 nitrogen and oxygen atoms in total. The molecule has 0 saturated carbocycles. The maximum atomic E-state index is 12.1. The van der Waals surface area contributed by atoms with Crippen molar-refractivity contribution >= 4 is 11.7 Å². The number of rotatable bonds is 8. The van der Waals surface area contributed by atoms with E-state index < -0.39 is 6.04 Å². The van der Waals surface area contributed by atoms with Gasteiger partial charge in [-0.3, -0.25) is 9.59 Å². The Kier molecular flexibility index (Phi) is 7.32. The summed E-state index contributed by atoms with van der Waals surface area (Å²) in [7, 11) is 3.96. The van der Waals surface area contributed by atoms with Gasteiger partial charge < -0.3 is 15.0 Å². The van der Waals surface area contributed by atoms with Gasteiger partial charge in [-0.2, -0.15) is 0 Å². The van der Waals surface area contributed by atoms with Crippen molar-refractivity contribution in [1.82, 2.24) is 10.2 Å². The maximum absolute atomic E-state index is 12.1. The van der Waals surface area contributed by atoms with Crippen LogP contribution in [0.15, 0.2) is 0 Å². The van der Waals surface area contributed by atoms with Crippen LogP contribution in [0.1, 0.15) is 33.1 Å². The molecule has 1 heterocycles. The van der Waals surface area contributed by atoms with Crippen molar-refractivity contribution in [3.63, 3.8) is 0 Å². The SMILES string of the molecule is [CH2]CC(C)C(C)CC(=O)NC1C(=O)COC1CCN(C)C. The number of Topliss-reactive ketones (excluding diaryl/α,β-unsaturated/α-hetero) is 1. The van der Waals surface area contributed by atoms with E-state index in [4.69, 9.17) is 4.74 Å². The molecule has 0 aromatic rings. The molecule has 121 valence electrons. The molecule has 1 radical (unpaired) electrons. The average molecular weight is 297 g/mol. The van der Waals surface area contributed by atoms with Gasteiger partial charge in [0.2, 0.25) is 5.91 Å². The van der Waals surface area contributed by atoms with Gasteiger partial charge in [0.1, 0.15) is 12.6 Å². The number of hydrogen-bond donors (Lipinski definition) is 1. The lowest BCUT2D eigenvalue weighted by Gasteiger charge is -2.22. The van der Waals surface area contributed by atoms with Gasteiger partial charge >= 0.3 is 0 Å². The standard InChI is InChI=1S/C16H29N2O3/c1-6-11(2)12(3)9-15(20)17-16-13(19)10-21-14(16)7-8-18(4)5/h11-12,14,16H,1,6-10H2,2-5H3,(H,17,20). The smallest absolute Gasteiger partial charge is 0.220 e. The van der Waals surface area contributed by atoms with E-state index in [9.17, 15) is 9.59 Å². The molecule has 0 aromatic heterocycles. The average Bonchev–Trinajstić information content (AvgIpc) is 2.76. The Labute approximate surface area is 128 Å². The van der Waals surface area contributed by atoms with Crippen molar-refractivity contribution in [1.29, 1.82) is 0 Å². The third-order valence-electron chi connectivity index (χ3n) is 4.27. The lowest BCUT2D eigenvalue weighted by molar-refractivity contribution is -0.127. The fraction of sp³-hybridized carbons (Fsp3) is 0.812. The Balaban J connectivity index is 2.49. The molecule has 1 N–H and O–H groups in total. The Morgan fingerprint density at radius 2 is 2.10 bits per heavy atom. The second-order valence-corrected chi connectivity index (χ2v) is 6.40. The van der Waals surface area contributed by atoms with E-state index >= 15 is 0 Å². The number of nitrogens with zero attached hydrogens (tertiary/aromatic N) is 1. The Hall–Kier alpha value is -0.940. The molecule has 21 heavy (non-hydrogen) atoms. The van der Waals surface area contributed by atoms with Crippen LogP contribution in [0.2, 0.25) is 0 Å². The van der Waals surface area contributed by atoms with Crippen molar-refractivity contribution in [2.24, 2.45) is 11.8 Å². The molecule has 0 spiro atoms. The predicted octanol–water partition coefficient (Wildman–Crippen LogP) is 1.28. The number of hydrogen-bond acceptors (Lipinski definition) is 4. The minimum atomic E-state index is -0.486. The van der Waals surface area contributed by atoms with Gasteiger partial charge in [-0.15, -0.1) is 0 Å². The molecule has 1 aliphatic heterocycles. The van der Waals surface area contributed by atoms with Crippen LogP contribution in [-0.2, 0) is 14.3 Å². The normalized spacial score (nSPS) is 25.1. The van der Waals surface area contributed by atoms with Crippen molar-refractivity contribution in [3.05, 3.63) is 6.92 Å². The van der Waals surface area contributed by atoms with Gasteiger partial charge in [0, 0.05) is 13.0 Å². The number of ketones is 1. The van der Waals surface area contributed by atoms with Gasteiger partial charge in [0.25, 0.3) is 0 Å². The first kappa shape index (κ1) is 18.1. The molecule has 1 aliphatic rings. The van der Waals surface area contributed by atoms with Gasteiger partial charge in [-0.25, -0.2) is 0 Å². The Bertz CT molecular complexity index is 357. The summed E-state index contributed by atoms with van der Waals surface area (Å²) in [5.74, 6) is 0.572. The number of nitrogens with one attached hydrogen (secondary N) is 1. The molecule has 1 saturated heterocycles. The minimum Gasteiger partial charge on any atom is -0.368 e. The highest BCUT2D eigenvalue weighted by atomic mass is 16.5. The van der Waals surface area contributed by atoms with Crippen LogP contribution >= 0.6 is 0 Å². The summed E-state index contributed by atoms with van der Waals surface area (Å²) in [6.45, 7) is 8.95. The third-order valence-corrected chi connectivity index (χ3v) is 4.27. The van der Waals surface area contributed by atoms with E-state index in [-0.39, 0.29) is 30.3 Å². The fourth-order valence-corrected chi connectivity index (χ4v) is 2.40. The number of amides is 1. The van der Waals surface area contributed by atoms with E-state index in [0.717, 1.165) is 19.4 Å².